The van der Waals surface area contributed by atoms with Gasteiger partial charge in [0, 0.05) is 26.2 Å². The third-order valence-corrected chi connectivity index (χ3v) is 7.29. The van der Waals surface area contributed by atoms with Crippen molar-refractivity contribution in [1.82, 2.24) is 9.21 Å². The number of sulfonamides is 1. The Morgan fingerprint density at radius 2 is 1.84 bits per heavy atom. The van der Waals surface area contributed by atoms with E-state index in [1.807, 2.05) is 0 Å². The fourth-order valence-electron chi connectivity index (χ4n) is 3.60. The molecule has 0 aliphatic carbocycles. The van der Waals surface area contributed by atoms with Crippen molar-refractivity contribution in [3.8, 4) is 0 Å². The normalized spacial score (nSPS) is 20.9. The lowest BCUT2D eigenvalue weighted by atomic mass is 9.90. The number of hydrogen-bond donors (Lipinski definition) is 1. The minimum atomic E-state index is -4.91. The zero-order valence-electron chi connectivity index (χ0n) is 16.6. The molecule has 2 heterocycles. The average Bonchev–Trinajstić information content (AvgIpc) is 2.73. The number of aliphatic hydroxyl groups excluding tert-OH is 1. The number of rotatable bonds is 4. The van der Waals surface area contributed by atoms with Gasteiger partial charge in [-0.2, -0.15) is 17.5 Å². The summed E-state index contributed by atoms with van der Waals surface area (Å²) in [5, 5.41) is 8.80. The van der Waals surface area contributed by atoms with E-state index in [0.717, 1.165) is 15.3 Å². The van der Waals surface area contributed by atoms with E-state index in [1.54, 1.807) is 0 Å². The van der Waals surface area contributed by atoms with Gasteiger partial charge in [-0.25, -0.2) is 22.0 Å². The first-order valence-corrected chi connectivity index (χ1v) is 11.0. The summed E-state index contributed by atoms with van der Waals surface area (Å²) in [5.41, 5.74) is -0.999. The summed E-state index contributed by atoms with van der Waals surface area (Å²) in [6, 6.07) is 2.25. The zero-order valence-corrected chi connectivity index (χ0v) is 17.5. The molecular weight excluding hydrogens is 467 g/mol. The average molecular weight is 488 g/mol. The van der Waals surface area contributed by atoms with Crippen molar-refractivity contribution in [2.24, 2.45) is 0 Å². The number of carbonyl (C=O) groups is 1. The number of amides is 1. The van der Waals surface area contributed by atoms with Gasteiger partial charge in [0.1, 0.15) is 0 Å². The molecule has 2 saturated heterocycles. The summed E-state index contributed by atoms with van der Waals surface area (Å²) >= 11 is 0. The van der Waals surface area contributed by atoms with Crippen LogP contribution in [0.25, 0.3) is 0 Å². The van der Waals surface area contributed by atoms with Crippen LogP contribution in [0.15, 0.2) is 23.1 Å². The fourth-order valence-corrected chi connectivity index (χ4v) is 5.12. The summed E-state index contributed by atoms with van der Waals surface area (Å²) < 4.78 is 102. The van der Waals surface area contributed by atoms with Crippen LogP contribution < -0.4 is 0 Å². The van der Waals surface area contributed by atoms with E-state index in [1.165, 1.54) is 0 Å². The molecule has 0 unspecified atom stereocenters. The molecule has 14 heteroatoms. The third-order valence-electron chi connectivity index (χ3n) is 5.45. The van der Waals surface area contributed by atoms with Crippen molar-refractivity contribution in [3.05, 3.63) is 29.8 Å². The molecule has 8 nitrogen and oxygen atoms in total. The molecule has 1 spiro atoms. The quantitative estimate of drug-likeness (QED) is 0.651. The predicted molar refractivity (Wildman–Crippen MR) is 98.0 cm³/mol. The SMILES string of the molecule is O=C(O[C@H](CO)C(F)(F)F)N1CCC2(CC1)CN(S(=O)(=O)c1ccc(F)c(F)c1)CCO2. The zero-order chi connectivity index (χ0) is 23.7. The van der Waals surface area contributed by atoms with Crippen LogP contribution in [0.1, 0.15) is 12.8 Å². The second-order valence-corrected chi connectivity index (χ2v) is 9.47. The molecule has 32 heavy (non-hydrogen) atoms. The maximum Gasteiger partial charge on any atom is 0.427 e. The van der Waals surface area contributed by atoms with Crippen LogP contribution in [0.5, 0.6) is 0 Å². The number of aliphatic hydroxyl groups is 1. The molecule has 180 valence electrons. The lowest BCUT2D eigenvalue weighted by Gasteiger charge is -2.46. The highest BCUT2D eigenvalue weighted by molar-refractivity contribution is 7.89. The lowest BCUT2D eigenvalue weighted by Crippen LogP contribution is -2.58. The molecule has 1 atom stereocenters. The molecule has 0 saturated carbocycles. The Morgan fingerprint density at radius 3 is 2.41 bits per heavy atom. The van der Waals surface area contributed by atoms with Crippen LogP contribution in [0.2, 0.25) is 0 Å². The Morgan fingerprint density at radius 1 is 1.19 bits per heavy atom. The van der Waals surface area contributed by atoms with Gasteiger partial charge < -0.3 is 19.5 Å². The van der Waals surface area contributed by atoms with Crippen LogP contribution in [-0.4, -0.2) is 86.1 Å². The van der Waals surface area contributed by atoms with Crippen molar-refractivity contribution in [2.75, 3.05) is 39.4 Å². The van der Waals surface area contributed by atoms with E-state index < -0.39 is 57.1 Å². The van der Waals surface area contributed by atoms with Crippen molar-refractivity contribution in [3.63, 3.8) is 0 Å². The standard InChI is InChI=1S/C18H21F5N2O6S/c19-13-2-1-12(9-14(13)20)32(28,29)25-7-8-30-17(11-25)3-5-24(6-4-17)16(27)31-15(10-26)18(21,22)23/h1-2,9,15,26H,3-8,10-11H2/t15-/m1/s1. The van der Waals surface area contributed by atoms with Crippen LogP contribution in [0.4, 0.5) is 26.7 Å². The minimum Gasteiger partial charge on any atom is -0.434 e. The number of morpholine rings is 1. The minimum absolute atomic E-state index is 0.00795. The number of benzene rings is 1. The first kappa shape index (κ1) is 24.6. The Hall–Kier alpha value is -2.03. The molecule has 0 radical (unpaired) electrons. The van der Waals surface area contributed by atoms with E-state index in [2.05, 4.69) is 4.74 Å². The number of hydrogen-bond acceptors (Lipinski definition) is 6. The summed E-state index contributed by atoms with van der Waals surface area (Å²) in [6.45, 7) is -1.68. The summed E-state index contributed by atoms with van der Waals surface area (Å²) in [6.07, 6.45) is -8.58. The topological polar surface area (TPSA) is 96.4 Å². The molecule has 2 fully saturated rings. The van der Waals surface area contributed by atoms with Gasteiger partial charge in [0.25, 0.3) is 0 Å². The Balaban J connectivity index is 1.65. The number of likely N-dealkylation sites (tertiary alicyclic amines) is 1. The molecule has 1 aromatic carbocycles. The van der Waals surface area contributed by atoms with Gasteiger partial charge in [-0.3, -0.25) is 0 Å². The van der Waals surface area contributed by atoms with E-state index in [-0.39, 0.29) is 45.6 Å². The number of piperidine rings is 1. The molecular formula is C18H21F5N2O6S. The van der Waals surface area contributed by atoms with Crippen LogP contribution in [-0.2, 0) is 19.5 Å². The second-order valence-electron chi connectivity index (χ2n) is 7.53. The van der Waals surface area contributed by atoms with Crippen LogP contribution in [0.3, 0.4) is 0 Å². The summed E-state index contributed by atoms with van der Waals surface area (Å²) in [5.74, 6) is -2.49. The summed E-state index contributed by atoms with van der Waals surface area (Å²) in [4.78, 5) is 12.6. The molecule has 0 bridgehead atoms. The van der Waals surface area contributed by atoms with Crippen molar-refractivity contribution in [2.45, 2.75) is 35.6 Å². The van der Waals surface area contributed by atoms with Gasteiger partial charge in [-0.05, 0) is 31.0 Å². The Labute approximate surface area is 180 Å². The highest BCUT2D eigenvalue weighted by Gasteiger charge is 2.46. The van der Waals surface area contributed by atoms with E-state index in [9.17, 15) is 35.2 Å². The van der Waals surface area contributed by atoms with Gasteiger partial charge in [0.05, 0.1) is 23.7 Å². The molecule has 0 aromatic heterocycles. The first-order valence-electron chi connectivity index (χ1n) is 9.60. The number of ether oxygens (including phenoxy) is 2. The monoisotopic (exact) mass is 488 g/mol. The number of nitrogens with zero attached hydrogens (tertiary/aromatic N) is 2. The van der Waals surface area contributed by atoms with Crippen molar-refractivity contribution >= 4 is 16.1 Å². The highest BCUT2D eigenvalue weighted by atomic mass is 32.2. The van der Waals surface area contributed by atoms with Crippen LogP contribution >= 0.6 is 0 Å². The highest BCUT2D eigenvalue weighted by Crippen LogP contribution is 2.33. The fraction of sp³-hybridized carbons (Fsp3) is 0.611. The van der Waals surface area contributed by atoms with E-state index in [0.29, 0.717) is 12.1 Å². The molecule has 2 aliphatic rings. The molecule has 3 rings (SSSR count). The number of carbonyl (C=O) groups excluding carboxylic acids is 1. The van der Waals surface area contributed by atoms with Gasteiger partial charge >= 0.3 is 12.3 Å². The second kappa shape index (κ2) is 9.08. The number of halogens is 5. The Kier molecular flexibility index (Phi) is 6.98. The maximum absolute atomic E-state index is 13.5. The largest absolute Gasteiger partial charge is 0.434 e. The molecule has 2 aliphatic heterocycles. The Bertz CT molecular complexity index is 950. The van der Waals surface area contributed by atoms with Gasteiger partial charge in [-0.1, -0.05) is 0 Å². The first-order chi connectivity index (χ1) is 14.9. The van der Waals surface area contributed by atoms with Gasteiger partial charge in [0.2, 0.25) is 16.1 Å². The lowest BCUT2D eigenvalue weighted by molar-refractivity contribution is -0.215. The molecule has 1 N–H and O–H groups in total. The van der Waals surface area contributed by atoms with Crippen LogP contribution in [0, 0.1) is 11.6 Å². The smallest absolute Gasteiger partial charge is 0.427 e. The predicted octanol–water partition coefficient (Wildman–Crippen LogP) is 1.88. The van der Waals surface area contributed by atoms with Gasteiger partial charge in [0.15, 0.2) is 11.6 Å². The van der Waals surface area contributed by atoms with Gasteiger partial charge in [-0.15, -0.1) is 0 Å². The van der Waals surface area contributed by atoms with Crippen molar-refractivity contribution in [1.29, 1.82) is 0 Å². The maximum atomic E-state index is 13.5. The summed E-state index contributed by atoms with van der Waals surface area (Å²) in [7, 11) is -4.15. The molecule has 1 amide bonds. The third kappa shape index (κ3) is 5.13. The van der Waals surface area contributed by atoms with E-state index in [4.69, 9.17) is 9.84 Å². The number of alkyl halides is 3. The van der Waals surface area contributed by atoms with Crippen molar-refractivity contribution < 1.29 is 49.7 Å². The van der Waals surface area contributed by atoms with E-state index >= 15 is 0 Å². The molecule has 1 aromatic rings.